The average Bonchev–Trinajstić information content (AvgIpc) is 2.49. The van der Waals surface area contributed by atoms with Crippen molar-refractivity contribution in [1.29, 1.82) is 0 Å². The molecule has 1 aromatic carbocycles. The summed E-state index contributed by atoms with van der Waals surface area (Å²) < 4.78 is 0. The highest BCUT2D eigenvalue weighted by atomic mass is 16.2. The van der Waals surface area contributed by atoms with Gasteiger partial charge in [0.1, 0.15) is 0 Å². The summed E-state index contributed by atoms with van der Waals surface area (Å²) in [6, 6.07) is 7.67. The largest absolute Gasteiger partial charge is 0.372 e. The lowest BCUT2D eigenvalue weighted by Gasteiger charge is -2.32. The number of anilines is 2. The Hall–Kier alpha value is -1.55. The molecule has 0 unspecified atom stereocenters. The van der Waals surface area contributed by atoms with Gasteiger partial charge in [0.25, 0.3) is 0 Å². The first-order valence-electron chi connectivity index (χ1n) is 8.01. The van der Waals surface area contributed by atoms with Crippen molar-refractivity contribution < 1.29 is 4.79 Å². The average molecular weight is 289 g/mol. The monoisotopic (exact) mass is 289 g/mol. The molecule has 1 heterocycles. The van der Waals surface area contributed by atoms with Gasteiger partial charge in [0.05, 0.1) is 6.04 Å². The molecule has 0 spiro atoms. The van der Waals surface area contributed by atoms with Crippen molar-refractivity contribution in [2.24, 2.45) is 11.7 Å². The van der Waals surface area contributed by atoms with Crippen molar-refractivity contribution in [3.05, 3.63) is 24.3 Å². The first-order valence-corrected chi connectivity index (χ1v) is 8.01. The van der Waals surface area contributed by atoms with Crippen molar-refractivity contribution in [2.45, 2.75) is 45.6 Å². The molecule has 3 N–H and O–H groups in total. The number of benzene rings is 1. The molecule has 4 heteroatoms. The fraction of sp³-hybridized carbons (Fsp3) is 0.588. The lowest BCUT2D eigenvalue weighted by molar-refractivity contribution is -0.117. The second kappa shape index (κ2) is 7.46. The minimum Gasteiger partial charge on any atom is -0.372 e. The summed E-state index contributed by atoms with van der Waals surface area (Å²) >= 11 is 0. The van der Waals surface area contributed by atoms with Crippen LogP contribution < -0.4 is 16.0 Å². The summed E-state index contributed by atoms with van der Waals surface area (Å²) in [5, 5.41) is 2.88. The minimum atomic E-state index is -0.418. The predicted molar refractivity (Wildman–Crippen MR) is 88.6 cm³/mol. The van der Waals surface area contributed by atoms with Crippen molar-refractivity contribution in [1.82, 2.24) is 0 Å². The third kappa shape index (κ3) is 4.46. The van der Waals surface area contributed by atoms with Gasteiger partial charge < -0.3 is 16.0 Å². The van der Waals surface area contributed by atoms with Gasteiger partial charge in [-0.3, -0.25) is 4.79 Å². The smallest absolute Gasteiger partial charge is 0.241 e. The van der Waals surface area contributed by atoms with Crippen LogP contribution in [-0.2, 0) is 4.79 Å². The zero-order chi connectivity index (χ0) is 15.2. The predicted octanol–water partition coefficient (Wildman–Crippen LogP) is 2.99. The van der Waals surface area contributed by atoms with Gasteiger partial charge in [-0.15, -0.1) is 0 Å². The van der Waals surface area contributed by atoms with Gasteiger partial charge in [0, 0.05) is 24.5 Å². The molecule has 0 saturated carbocycles. The van der Waals surface area contributed by atoms with Crippen LogP contribution in [0.25, 0.3) is 0 Å². The maximum absolute atomic E-state index is 11.9. The van der Waals surface area contributed by atoms with E-state index in [1.165, 1.54) is 18.5 Å². The molecular formula is C17H27N3O. The number of nitrogens with two attached hydrogens (primary N) is 1. The molecular weight excluding hydrogens is 262 g/mol. The van der Waals surface area contributed by atoms with Gasteiger partial charge in [-0.05, 0) is 49.4 Å². The fourth-order valence-corrected chi connectivity index (χ4v) is 2.70. The zero-order valence-corrected chi connectivity index (χ0v) is 13.1. The van der Waals surface area contributed by atoms with Crippen LogP contribution in [0.4, 0.5) is 11.4 Å². The molecule has 0 aliphatic carbocycles. The van der Waals surface area contributed by atoms with E-state index in [9.17, 15) is 4.79 Å². The molecule has 1 fully saturated rings. The molecule has 21 heavy (non-hydrogen) atoms. The minimum absolute atomic E-state index is 0.101. The number of nitrogens with zero attached hydrogens (tertiary/aromatic N) is 1. The summed E-state index contributed by atoms with van der Waals surface area (Å²) in [6.07, 6.45) is 4.14. The maximum Gasteiger partial charge on any atom is 0.241 e. The Balaban J connectivity index is 1.91. The second-order valence-corrected chi connectivity index (χ2v) is 6.10. The molecule has 1 saturated heterocycles. The third-order valence-electron chi connectivity index (χ3n) is 4.22. The molecule has 1 aliphatic rings. The van der Waals surface area contributed by atoms with Gasteiger partial charge >= 0.3 is 0 Å². The van der Waals surface area contributed by atoms with Crippen LogP contribution in [0.5, 0.6) is 0 Å². The highest BCUT2D eigenvalue weighted by Gasteiger charge is 2.16. The molecule has 0 radical (unpaired) electrons. The molecule has 1 atom stereocenters. The van der Waals surface area contributed by atoms with Crippen LogP contribution in [-0.4, -0.2) is 25.0 Å². The third-order valence-corrected chi connectivity index (χ3v) is 4.22. The Morgan fingerprint density at radius 1 is 1.33 bits per heavy atom. The fourth-order valence-electron chi connectivity index (χ4n) is 2.70. The van der Waals surface area contributed by atoms with Gasteiger partial charge in [0.15, 0.2) is 0 Å². The number of piperidine rings is 1. The van der Waals surface area contributed by atoms with Crippen LogP contribution in [0.15, 0.2) is 24.3 Å². The number of nitrogens with one attached hydrogen (secondary N) is 1. The number of carbonyl (C=O) groups excluding carboxylic acids is 1. The van der Waals surface area contributed by atoms with E-state index in [0.29, 0.717) is 0 Å². The summed E-state index contributed by atoms with van der Waals surface area (Å²) in [5.41, 5.74) is 7.87. The lowest BCUT2D eigenvalue weighted by atomic mass is 9.99. The normalized spacial score (nSPS) is 17.6. The van der Waals surface area contributed by atoms with Crippen LogP contribution in [0, 0.1) is 5.92 Å². The number of carbonyl (C=O) groups is 1. The van der Waals surface area contributed by atoms with Gasteiger partial charge in [0.2, 0.25) is 5.91 Å². The van der Waals surface area contributed by atoms with Crippen LogP contribution in [0.2, 0.25) is 0 Å². The highest BCUT2D eigenvalue weighted by molar-refractivity contribution is 5.94. The van der Waals surface area contributed by atoms with E-state index in [4.69, 9.17) is 5.73 Å². The van der Waals surface area contributed by atoms with E-state index in [1.54, 1.807) is 0 Å². The van der Waals surface area contributed by atoms with Crippen molar-refractivity contribution in [3.8, 4) is 0 Å². The summed E-state index contributed by atoms with van der Waals surface area (Å²) in [6.45, 7) is 6.58. The number of hydrogen-bond acceptors (Lipinski definition) is 3. The first kappa shape index (κ1) is 15.8. The molecule has 116 valence electrons. The Bertz CT molecular complexity index is 450. The number of hydrogen-bond donors (Lipinski definition) is 2. The second-order valence-electron chi connectivity index (χ2n) is 6.10. The van der Waals surface area contributed by atoms with E-state index < -0.39 is 6.04 Å². The zero-order valence-electron chi connectivity index (χ0n) is 13.1. The van der Waals surface area contributed by atoms with Gasteiger partial charge in [-0.2, -0.15) is 0 Å². The number of amides is 1. The van der Waals surface area contributed by atoms with Crippen molar-refractivity contribution in [2.75, 3.05) is 23.3 Å². The maximum atomic E-state index is 11.9. The van der Waals surface area contributed by atoms with Gasteiger partial charge in [-0.25, -0.2) is 0 Å². The molecule has 4 nitrogen and oxygen atoms in total. The molecule has 1 amide bonds. The summed E-state index contributed by atoms with van der Waals surface area (Å²) in [5.74, 6) is 0.733. The van der Waals surface area contributed by atoms with Crippen LogP contribution >= 0.6 is 0 Å². The standard InChI is InChI=1S/C17H27N3O/c1-3-4-16(18)17(21)19-14-5-7-15(8-6-14)20-11-9-13(2)10-12-20/h5-8,13,16H,3-4,9-12,18H2,1-2H3,(H,19,21)/t16-/m0/s1. The van der Waals surface area contributed by atoms with Crippen LogP contribution in [0.3, 0.4) is 0 Å². The van der Waals surface area contributed by atoms with E-state index >= 15 is 0 Å². The Kier molecular flexibility index (Phi) is 5.62. The molecule has 0 aromatic heterocycles. The highest BCUT2D eigenvalue weighted by Crippen LogP contribution is 2.24. The van der Waals surface area contributed by atoms with Crippen LogP contribution in [0.1, 0.15) is 39.5 Å². The Morgan fingerprint density at radius 2 is 1.95 bits per heavy atom. The molecule has 2 rings (SSSR count). The van der Waals surface area contributed by atoms with E-state index in [0.717, 1.165) is 37.5 Å². The van der Waals surface area contributed by atoms with Gasteiger partial charge in [-0.1, -0.05) is 20.3 Å². The first-order chi connectivity index (χ1) is 10.1. The number of rotatable bonds is 5. The quantitative estimate of drug-likeness (QED) is 0.876. The lowest BCUT2D eigenvalue weighted by Crippen LogP contribution is -2.35. The van der Waals surface area contributed by atoms with E-state index in [-0.39, 0.29) is 5.91 Å². The Labute approximate surface area is 127 Å². The van der Waals surface area contributed by atoms with E-state index in [2.05, 4.69) is 29.3 Å². The van der Waals surface area contributed by atoms with Crippen molar-refractivity contribution >= 4 is 17.3 Å². The molecule has 0 bridgehead atoms. The Morgan fingerprint density at radius 3 is 2.52 bits per heavy atom. The summed E-state index contributed by atoms with van der Waals surface area (Å²) in [7, 11) is 0. The topological polar surface area (TPSA) is 58.4 Å². The van der Waals surface area contributed by atoms with Crippen molar-refractivity contribution in [3.63, 3.8) is 0 Å². The molecule has 1 aromatic rings. The summed E-state index contributed by atoms with van der Waals surface area (Å²) in [4.78, 5) is 14.3. The molecule has 1 aliphatic heterocycles. The SMILES string of the molecule is CCC[C@H](N)C(=O)Nc1ccc(N2CCC(C)CC2)cc1. The van der Waals surface area contributed by atoms with E-state index in [1.807, 2.05) is 19.1 Å².